The fourth-order valence-corrected chi connectivity index (χ4v) is 4.88. The Kier molecular flexibility index (Phi) is 3.49. The molecule has 0 aliphatic heterocycles. The monoisotopic (exact) mass is 373 g/mol. The van der Waals surface area contributed by atoms with E-state index >= 15 is 0 Å². The zero-order valence-electron chi connectivity index (χ0n) is 16.8. The van der Waals surface area contributed by atoms with Crippen LogP contribution < -0.4 is 0 Å². The number of rotatable bonds is 2. The highest BCUT2D eigenvalue weighted by Crippen LogP contribution is 2.39. The molecule has 1 aliphatic carbocycles. The minimum Gasteiger partial charge on any atom is -0.309 e. The third-order valence-electron chi connectivity index (χ3n) is 6.40. The molecule has 6 rings (SSSR count). The van der Waals surface area contributed by atoms with Gasteiger partial charge in [-0.3, -0.25) is 0 Å². The summed E-state index contributed by atoms with van der Waals surface area (Å²) in [6, 6.07) is 31.5. The molecule has 1 heteroatoms. The molecule has 0 saturated heterocycles. The maximum Gasteiger partial charge on any atom is 0.0543 e. The number of aromatic nitrogens is 1. The lowest BCUT2D eigenvalue weighted by atomic mass is 10.0. The van der Waals surface area contributed by atoms with Crippen LogP contribution in [0.15, 0.2) is 84.9 Å². The largest absolute Gasteiger partial charge is 0.309 e. The molecule has 5 aromatic rings. The van der Waals surface area contributed by atoms with Gasteiger partial charge in [-0.15, -0.1) is 0 Å². The van der Waals surface area contributed by atoms with Crippen molar-refractivity contribution < 1.29 is 0 Å². The van der Waals surface area contributed by atoms with E-state index in [1.54, 1.807) is 0 Å². The van der Waals surface area contributed by atoms with Gasteiger partial charge in [-0.1, -0.05) is 74.5 Å². The topological polar surface area (TPSA) is 4.93 Å². The second-order valence-electron chi connectivity index (χ2n) is 8.46. The summed E-state index contributed by atoms with van der Waals surface area (Å²) >= 11 is 0. The van der Waals surface area contributed by atoms with Gasteiger partial charge in [-0.25, -0.2) is 0 Å². The Bertz CT molecular complexity index is 1400. The van der Waals surface area contributed by atoms with Gasteiger partial charge >= 0.3 is 0 Å². The van der Waals surface area contributed by atoms with Crippen LogP contribution in [0.25, 0.3) is 38.6 Å². The highest BCUT2D eigenvalue weighted by molar-refractivity contribution is 6.09. The predicted molar refractivity (Wildman–Crippen MR) is 123 cm³/mol. The van der Waals surface area contributed by atoms with Gasteiger partial charge in [0.15, 0.2) is 0 Å². The van der Waals surface area contributed by atoms with Crippen LogP contribution in [0.5, 0.6) is 0 Å². The lowest BCUT2D eigenvalue weighted by Crippen LogP contribution is -1.96. The Hall–Kier alpha value is -3.32. The van der Waals surface area contributed by atoms with Gasteiger partial charge in [0.1, 0.15) is 0 Å². The standard InChI is InChI=1S/C28H23N/c1-18(2)19-12-14-25-24-9-5-6-10-27(24)29(28(25)16-19)22-13-11-21-15-20-7-3-4-8-23(20)26(21)17-22/h3-14,16-18H,15H2,1-2H3. The van der Waals surface area contributed by atoms with Crippen molar-refractivity contribution in [3.63, 3.8) is 0 Å². The van der Waals surface area contributed by atoms with E-state index in [0.29, 0.717) is 5.92 Å². The number of fused-ring (bicyclic) bond motifs is 6. The van der Waals surface area contributed by atoms with E-state index in [1.807, 2.05) is 0 Å². The second kappa shape index (κ2) is 6.09. The van der Waals surface area contributed by atoms with Gasteiger partial charge in [-0.05, 0) is 64.4 Å². The second-order valence-corrected chi connectivity index (χ2v) is 8.46. The molecule has 140 valence electrons. The molecule has 0 radical (unpaired) electrons. The molecule has 0 N–H and O–H groups in total. The lowest BCUT2D eigenvalue weighted by Gasteiger charge is -2.12. The van der Waals surface area contributed by atoms with E-state index in [2.05, 4.69) is 103 Å². The zero-order valence-corrected chi connectivity index (χ0v) is 16.8. The average Bonchev–Trinajstić information content (AvgIpc) is 3.28. The van der Waals surface area contributed by atoms with Crippen LogP contribution in [0.2, 0.25) is 0 Å². The smallest absolute Gasteiger partial charge is 0.0543 e. The van der Waals surface area contributed by atoms with Crippen LogP contribution in [0, 0.1) is 0 Å². The first-order valence-corrected chi connectivity index (χ1v) is 10.5. The Morgan fingerprint density at radius 3 is 2.31 bits per heavy atom. The highest BCUT2D eigenvalue weighted by atomic mass is 15.0. The Morgan fingerprint density at radius 1 is 0.655 bits per heavy atom. The molecule has 0 fully saturated rings. The van der Waals surface area contributed by atoms with Gasteiger partial charge in [0.2, 0.25) is 0 Å². The summed E-state index contributed by atoms with van der Waals surface area (Å²) in [4.78, 5) is 0. The van der Waals surface area contributed by atoms with Crippen molar-refractivity contribution >= 4 is 21.8 Å². The van der Waals surface area contributed by atoms with Crippen molar-refractivity contribution in [1.29, 1.82) is 0 Å². The highest BCUT2D eigenvalue weighted by Gasteiger charge is 2.20. The summed E-state index contributed by atoms with van der Waals surface area (Å²) in [5.41, 5.74) is 10.8. The maximum absolute atomic E-state index is 2.44. The molecule has 1 aliphatic rings. The van der Waals surface area contributed by atoms with Crippen molar-refractivity contribution in [1.82, 2.24) is 4.57 Å². The third kappa shape index (κ3) is 2.40. The van der Waals surface area contributed by atoms with E-state index in [1.165, 1.54) is 55.3 Å². The molecule has 29 heavy (non-hydrogen) atoms. The molecule has 1 nitrogen and oxygen atoms in total. The van der Waals surface area contributed by atoms with E-state index in [4.69, 9.17) is 0 Å². The fourth-order valence-electron chi connectivity index (χ4n) is 4.88. The molecule has 0 saturated carbocycles. The molecule has 0 amide bonds. The lowest BCUT2D eigenvalue weighted by molar-refractivity contribution is 0.868. The third-order valence-corrected chi connectivity index (χ3v) is 6.40. The van der Waals surface area contributed by atoms with Crippen molar-refractivity contribution in [3.8, 4) is 16.8 Å². The number of hydrogen-bond donors (Lipinski definition) is 0. The van der Waals surface area contributed by atoms with Crippen LogP contribution in [0.3, 0.4) is 0 Å². The minimum absolute atomic E-state index is 0.512. The average molecular weight is 373 g/mol. The van der Waals surface area contributed by atoms with Crippen LogP contribution in [0.4, 0.5) is 0 Å². The first-order valence-electron chi connectivity index (χ1n) is 10.5. The normalized spacial score (nSPS) is 12.7. The summed E-state index contributed by atoms with van der Waals surface area (Å²) in [7, 11) is 0. The van der Waals surface area contributed by atoms with Gasteiger partial charge in [0.05, 0.1) is 11.0 Å². The molecular formula is C28H23N. The summed E-state index contributed by atoms with van der Waals surface area (Å²) in [5.74, 6) is 0.512. The Morgan fingerprint density at radius 2 is 1.41 bits per heavy atom. The summed E-state index contributed by atoms with van der Waals surface area (Å²) in [6.45, 7) is 4.53. The molecule has 0 spiro atoms. The minimum atomic E-state index is 0.512. The SMILES string of the molecule is CC(C)c1ccc2c3ccccc3n(-c3ccc4c(c3)-c3ccccc3C4)c2c1. The van der Waals surface area contributed by atoms with Crippen molar-refractivity contribution in [3.05, 3.63) is 102 Å². The number of nitrogens with zero attached hydrogens (tertiary/aromatic N) is 1. The summed E-state index contributed by atoms with van der Waals surface area (Å²) in [6.07, 6.45) is 1.04. The van der Waals surface area contributed by atoms with E-state index in [0.717, 1.165) is 6.42 Å². The van der Waals surface area contributed by atoms with Crippen LogP contribution in [0.1, 0.15) is 36.5 Å². The van der Waals surface area contributed by atoms with Crippen molar-refractivity contribution in [2.75, 3.05) is 0 Å². The molecular weight excluding hydrogens is 350 g/mol. The molecule has 4 aromatic carbocycles. The molecule has 0 bridgehead atoms. The number of hydrogen-bond acceptors (Lipinski definition) is 0. The molecule has 1 heterocycles. The van der Waals surface area contributed by atoms with Crippen molar-refractivity contribution in [2.24, 2.45) is 0 Å². The fraction of sp³-hybridized carbons (Fsp3) is 0.143. The summed E-state index contributed by atoms with van der Waals surface area (Å²) in [5, 5.41) is 2.64. The Balaban J connectivity index is 1.67. The van der Waals surface area contributed by atoms with Crippen LogP contribution in [-0.2, 0) is 6.42 Å². The summed E-state index contributed by atoms with van der Waals surface area (Å²) < 4.78 is 2.44. The Labute approximate surface area is 171 Å². The number of para-hydroxylation sites is 1. The van der Waals surface area contributed by atoms with Gasteiger partial charge < -0.3 is 4.57 Å². The maximum atomic E-state index is 2.44. The number of benzene rings is 4. The van der Waals surface area contributed by atoms with E-state index in [9.17, 15) is 0 Å². The van der Waals surface area contributed by atoms with Gasteiger partial charge in [0.25, 0.3) is 0 Å². The first-order chi connectivity index (χ1) is 14.2. The van der Waals surface area contributed by atoms with Crippen LogP contribution >= 0.6 is 0 Å². The van der Waals surface area contributed by atoms with Gasteiger partial charge in [0, 0.05) is 16.5 Å². The van der Waals surface area contributed by atoms with E-state index in [-0.39, 0.29) is 0 Å². The predicted octanol–water partition coefficient (Wildman–Crippen LogP) is 7.48. The quantitative estimate of drug-likeness (QED) is 0.296. The van der Waals surface area contributed by atoms with Crippen molar-refractivity contribution in [2.45, 2.75) is 26.2 Å². The molecule has 0 unspecified atom stereocenters. The molecule has 0 atom stereocenters. The molecule has 1 aromatic heterocycles. The van der Waals surface area contributed by atoms with E-state index < -0.39 is 0 Å². The first kappa shape index (κ1) is 16.6. The van der Waals surface area contributed by atoms with Crippen LogP contribution in [-0.4, -0.2) is 4.57 Å². The van der Waals surface area contributed by atoms with Gasteiger partial charge in [-0.2, -0.15) is 0 Å². The zero-order chi connectivity index (χ0) is 19.5.